The molecule has 12 nitrogen and oxygen atoms in total. The van der Waals surface area contributed by atoms with Crippen molar-refractivity contribution in [3.63, 3.8) is 0 Å². The van der Waals surface area contributed by atoms with E-state index >= 15 is 0 Å². The average Bonchev–Trinajstić information content (AvgIpc) is 3.04. The van der Waals surface area contributed by atoms with Gasteiger partial charge in [0.2, 0.25) is 5.91 Å². The molecule has 0 bridgehead atoms. The van der Waals surface area contributed by atoms with Crippen molar-refractivity contribution in [2.24, 2.45) is 0 Å². The molecule has 0 aromatic carbocycles. The lowest BCUT2D eigenvalue weighted by Gasteiger charge is -2.32. The molecule has 188 valence electrons. The highest BCUT2D eigenvalue weighted by molar-refractivity contribution is 6.14. The maximum atomic E-state index is 11.7. The van der Waals surface area contributed by atoms with Gasteiger partial charge in [0.1, 0.15) is 6.54 Å². The smallest absolute Gasteiger partial charge is 0.407 e. The van der Waals surface area contributed by atoms with Crippen LogP contribution in [0.15, 0.2) is 12.2 Å². The molecule has 0 aliphatic carbocycles. The van der Waals surface area contributed by atoms with Crippen LogP contribution >= 0.6 is 0 Å². The van der Waals surface area contributed by atoms with Gasteiger partial charge in [-0.05, 0) is 20.8 Å². The number of nitrogens with zero attached hydrogens (tertiary/aromatic N) is 2. The van der Waals surface area contributed by atoms with E-state index in [9.17, 15) is 24.3 Å². The predicted molar refractivity (Wildman–Crippen MR) is 117 cm³/mol. The van der Waals surface area contributed by atoms with E-state index in [4.69, 9.17) is 18.9 Å². The molecule has 33 heavy (non-hydrogen) atoms. The molecular weight excluding hydrogens is 438 g/mol. The van der Waals surface area contributed by atoms with Gasteiger partial charge in [-0.3, -0.25) is 19.3 Å². The molecule has 2 N–H and O–H groups in total. The van der Waals surface area contributed by atoms with Crippen molar-refractivity contribution in [2.75, 3.05) is 72.5 Å². The molecule has 0 radical (unpaired) electrons. The third kappa shape index (κ3) is 12.3. The van der Waals surface area contributed by atoms with Crippen molar-refractivity contribution in [1.29, 1.82) is 0 Å². The van der Waals surface area contributed by atoms with Gasteiger partial charge in [-0.15, -0.1) is 0 Å². The van der Waals surface area contributed by atoms with E-state index in [1.165, 1.54) is 4.90 Å². The standard InChI is InChI=1S/C21H35N3O9/c1-21(2,3)24(20(28)29)7-9-31-11-13-33-15-14-32-12-10-30-8-6-22-17(25)16-23-18(26)4-5-19(23)27/h4-5H,6-16H2,1-3H3,(H,22,25)(H,28,29). The molecule has 1 aliphatic rings. The second-order valence-electron chi connectivity index (χ2n) is 8.00. The molecule has 12 heteroatoms. The molecular formula is C21H35N3O9. The Morgan fingerprint density at radius 1 is 0.879 bits per heavy atom. The van der Waals surface area contributed by atoms with E-state index in [1.54, 1.807) is 0 Å². The first-order chi connectivity index (χ1) is 15.6. The van der Waals surface area contributed by atoms with Gasteiger partial charge >= 0.3 is 6.09 Å². The number of carbonyl (C=O) groups excluding carboxylic acids is 3. The van der Waals surface area contributed by atoms with E-state index in [1.807, 2.05) is 20.8 Å². The van der Waals surface area contributed by atoms with Crippen molar-refractivity contribution in [2.45, 2.75) is 26.3 Å². The van der Waals surface area contributed by atoms with Crippen LogP contribution in [0.4, 0.5) is 4.79 Å². The Kier molecular flexibility index (Phi) is 13.2. The second kappa shape index (κ2) is 15.3. The summed E-state index contributed by atoms with van der Waals surface area (Å²) in [5.41, 5.74) is -0.477. The SMILES string of the molecule is CC(C)(C)N(CCOCCOCCOCCOCCNC(=O)CN1C(=O)C=CC1=O)C(=O)O. The number of hydrogen-bond acceptors (Lipinski definition) is 8. The Balaban J connectivity index is 1.86. The van der Waals surface area contributed by atoms with Crippen LogP contribution in [0.5, 0.6) is 0 Å². The van der Waals surface area contributed by atoms with Crippen LogP contribution in [0.3, 0.4) is 0 Å². The number of ether oxygens (including phenoxy) is 4. The van der Waals surface area contributed by atoms with Gasteiger partial charge in [-0.2, -0.15) is 0 Å². The molecule has 4 amide bonds. The molecule has 0 aromatic heterocycles. The van der Waals surface area contributed by atoms with E-state index in [0.717, 1.165) is 17.1 Å². The first-order valence-electron chi connectivity index (χ1n) is 10.7. The molecule has 0 fully saturated rings. The molecule has 0 aromatic rings. The van der Waals surface area contributed by atoms with Crippen LogP contribution in [0.25, 0.3) is 0 Å². The molecule has 1 heterocycles. The minimum Gasteiger partial charge on any atom is -0.465 e. The molecule has 0 atom stereocenters. The number of carbonyl (C=O) groups is 4. The van der Waals surface area contributed by atoms with E-state index in [0.29, 0.717) is 52.8 Å². The fourth-order valence-corrected chi connectivity index (χ4v) is 2.68. The van der Waals surface area contributed by atoms with Gasteiger partial charge in [-0.25, -0.2) is 4.79 Å². The summed E-state index contributed by atoms with van der Waals surface area (Å²) in [4.78, 5) is 47.8. The monoisotopic (exact) mass is 473 g/mol. The zero-order valence-corrected chi connectivity index (χ0v) is 19.5. The van der Waals surface area contributed by atoms with Crippen molar-refractivity contribution in [1.82, 2.24) is 15.1 Å². The maximum absolute atomic E-state index is 11.7. The van der Waals surface area contributed by atoms with Crippen LogP contribution in [0, 0.1) is 0 Å². The summed E-state index contributed by atoms with van der Waals surface area (Å²) in [5.74, 6) is -1.43. The van der Waals surface area contributed by atoms with Gasteiger partial charge in [0.25, 0.3) is 11.8 Å². The Morgan fingerprint density at radius 3 is 1.79 bits per heavy atom. The van der Waals surface area contributed by atoms with Gasteiger partial charge in [0.05, 0.1) is 52.9 Å². The Morgan fingerprint density at radius 2 is 1.33 bits per heavy atom. The molecule has 0 unspecified atom stereocenters. The highest BCUT2D eigenvalue weighted by Crippen LogP contribution is 2.12. The van der Waals surface area contributed by atoms with Crippen LogP contribution in [0.2, 0.25) is 0 Å². The number of rotatable bonds is 17. The Labute approximate surface area is 193 Å². The van der Waals surface area contributed by atoms with Crippen LogP contribution < -0.4 is 5.32 Å². The lowest BCUT2D eigenvalue weighted by atomic mass is 10.1. The molecule has 0 spiro atoms. The average molecular weight is 474 g/mol. The lowest BCUT2D eigenvalue weighted by molar-refractivity contribution is -0.141. The van der Waals surface area contributed by atoms with Crippen molar-refractivity contribution in [3.05, 3.63) is 12.2 Å². The van der Waals surface area contributed by atoms with Crippen molar-refractivity contribution >= 4 is 23.8 Å². The Hall–Kier alpha value is -2.54. The Bertz CT molecular complexity index is 658. The summed E-state index contributed by atoms with van der Waals surface area (Å²) in [6.07, 6.45) is 1.28. The second-order valence-corrected chi connectivity index (χ2v) is 8.00. The third-order valence-corrected chi connectivity index (χ3v) is 4.39. The quantitative estimate of drug-likeness (QED) is 0.218. The highest BCUT2D eigenvalue weighted by atomic mass is 16.6. The fraction of sp³-hybridized carbons (Fsp3) is 0.714. The zero-order valence-electron chi connectivity index (χ0n) is 19.5. The normalized spacial score (nSPS) is 13.6. The molecule has 1 aliphatic heterocycles. The number of amides is 4. The van der Waals surface area contributed by atoms with Crippen LogP contribution in [-0.2, 0) is 33.3 Å². The van der Waals surface area contributed by atoms with Crippen molar-refractivity contribution in [3.8, 4) is 0 Å². The van der Waals surface area contributed by atoms with E-state index in [-0.39, 0.29) is 19.7 Å². The van der Waals surface area contributed by atoms with Crippen molar-refractivity contribution < 1.29 is 43.2 Å². The molecule has 1 rings (SSSR count). The third-order valence-electron chi connectivity index (χ3n) is 4.39. The zero-order chi connectivity index (χ0) is 24.7. The van der Waals surface area contributed by atoms with Gasteiger partial charge in [0, 0.05) is 30.8 Å². The lowest BCUT2D eigenvalue weighted by Crippen LogP contribution is -2.46. The summed E-state index contributed by atoms with van der Waals surface area (Å²) >= 11 is 0. The first kappa shape index (κ1) is 28.5. The van der Waals surface area contributed by atoms with Crippen LogP contribution in [0.1, 0.15) is 20.8 Å². The van der Waals surface area contributed by atoms with E-state index in [2.05, 4.69) is 5.32 Å². The molecule has 0 saturated carbocycles. The minimum atomic E-state index is -0.973. The number of carboxylic acid groups (broad SMARTS) is 1. The predicted octanol–water partition coefficient (Wildman–Crippen LogP) is -0.127. The maximum Gasteiger partial charge on any atom is 0.407 e. The summed E-state index contributed by atoms with van der Waals surface area (Å²) in [7, 11) is 0. The van der Waals surface area contributed by atoms with Gasteiger partial charge in [-0.1, -0.05) is 0 Å². The molecule has 0 saturated heterocycles. The minimum absolute atomic E-state index is 0.256. The number of imide groups is 1. The largest absolute Gasteiger partial charge is 0.465 e. The van der Waals surface area contributed by atoms with Gasteiger partial charge in [0.15, 0.2) is 0 Å². The fourth-order valence-electron chi connectivity index (χ4n) is 2.68. The number of hydrogen-bond donors (Lipinski definition) is 2. The summed E-state index contributed by atoms with van der Waals surface area (Å²) < 4.78 is 21.4. The number of nitrogens with one attached hydrogen (secondary N) is 1. The summed E-state index contributed by atoms with van der Waals surface area (Å²) in [5, 5.41) is 11.7. The van der Waals surface area contributed by atoms with Gasteiger partial charge < -0.3 is 34.3 Å². The van der Waals surface area contributed by atoms with Crippen LogP contribution in [-0.4, -0.2) is 117 Å². The first-order valence-corrected chi connectivity index (χ1v) is 10.7. The summed E-state index contributed by atoms with van der Waals surface area (Å²) in [6.45, 7) is 8.55. The topological polar surface area (TPSA) is 144 Å². The summed E-state index contributed by atoms with van der Waals surface area (Å²) in [6, 6.07) is 0. The van der Waals surface area contributed by atoms with E-state index < -0.39 is 29.4 Å². The highest BCUT2D eigenvalue weighted by Gasteiger charge is 2.26.